The van der Waals surface area contributed by atoms with Gasteiger partial charge in [0.2, 0.25) is 0 Å². The second-order valence-corrected chi connectivity index (χ2v) is 5.55. The van der Waals surface area contributed by atoms with Crippen LogP contribution in [0.5, 0.6) is 0 Å². The van der Waals surface area contributed by atoms with E-state index >= 15 is 0 Å². The van der Waals surface area contributed by atoms with Crippen LogP contribution < -0.4 is 5.32 Å². The van der Waals surface area contributed by atoms with Crippen molar-refractivity contribution < 1.29 is 4.74 Å². The molecule has 1 saturated carbocycles. The van der Waals surface area contributed by atoms with Crippen molar-refractivity contribution in [3.63, 3.8) is 0 Å². The number of nitrogens with one attached hydrogen (secondary N) is 1. The third kappa shape index (κ3) is 3.80. The predicted octanol–water partition coefficient (Wildman–Crippen LogP) is 3.93. The van der Waals surface area contributed by atoms with Crippen LogP contribution in [-0.2, 0) is 4.74 Å². The Hall–Kier alpha value is -0.860. The van der Waals surface area contributed by atoms with E-state index in [9.17, 15) is 0 Å². The van der Waals surface area contributed by atoms with Crippen LogP contribution in [0, 0.1) is 5.92 Å². The number of hydrogen-bond donors (Lipinski definition) is 1. The second-order valence-electron chi connectivity index (χ2n) is 5.55. The van der Waals surface area contributed by atoms with Gasteiger partial charge >= 0.3 is 0 Å². The molecule has 0 bridgehead atoms. The molecule has 0 heterocycles. The molecule has 1 aliphatic carbocycles. The molecule has 1 fully saturated rings. The van der Waals surface area contributed by atoms with Gasteiger partial charge in [0.1, 0.15) is 0 Å². The van der Waals surface area contributed by atoms with Crippen molar-refractivity contribution in [2.45, 2.75) is 51.2 Å². The van der Waals surface area contributed by atoms with Crippen LogP contribution in [0.4, 0.5) is 0 Å². The standard InChI is InChI=1S/C17H27NO/c1-3-18-16(14-10-6-4-7-11-14)17(19-2)15-12-8-5-9-13-15/h5,8-9,12-14,16-18H,3-4,6-7,10-11H2,1-2H3. The first-order valence-corrected chi connectivity index (χ1v) is 7.68. The van der Waals surface area contributed by atoms with Crippen molar-refractivity contribution >= 4 is 0 Å². The van der Waals surface area contributed by atoms with E-state index in [-0.39, 0.29) is 6.10 Å². The molecule has 2 heteroatoms. The first-order chi connectivity index (χ1) is 9.36. The van der Waals surface area contributed by atoms with E-state index in [4.69, 9.17) is 4.74 Å². The Kier molecular flexibility index (Phi) is 5.87. The Morgan fingerprint density at radius 1 is 1.16 bits per heavy atom. The van der Waals surface area contributed by atoms with E-state index in [1.165, 1.54) is 37.7 Å². The fourth-order valence-electron chi connectivity index (χ4n) is 3.38. The molecule has 1 N–H and O–H groups in total. The van der Waals surface area contributed by atoms with Crippen molar-refractivity contribution in [2.24, 2.45) is 5.92 Å². The molecule has 0 saturated heterocycles. The summed E-state index contributed by atoms with van der Waals surface area (Å²) in [7, 11) is 1.84. The lowest BCUT2D eigenvalue weighted by atomic mass is 9.80. The first-order valence-electron chi connectivity index (χ1n) is 7.68. The lowest BCUT2D eigenvalue weighted by Crippen LogP contribution is -2.42. The summed E-state index contributed by atoms with van der Waals surface area (Å²) in [6.07, 6.45) is 6.99. The highest BCUT2D eigenvalue weighted by molar-refractivity contribution is 5.19. The molecule has 0 aliphatic heterocycles. The van der Waals surface area contributed by atoms with E-state index in [2.05, 4.69) is 42.6 Å². The second kappa shape index (κ2) is 7.66. The highest BCUT2D eigenvalue weighted by Crippen LogP contribution is 2.33. The van der Waals surface area contributed by atoms with Gasteiger partial charge in [0, 0.05) is 13.2 Å². The molecule has 0 radical (unpaired) electrons. The van der Waals surface area contributed by atoms with Gasteiger partial charge in [-0.15, -0.1) is 0 Å². The van der Waals surface area contributed by atoms with Gasteiger partial charge in [-0.2, -0.15) is 0 Å². The zero-order valence-electron chi connectivity index (χ0n) is 12.3. The van der Waals surface area contributed by atoms with E-state index in [0.717, 1.165) is 12.5 Å². The van der Waals surface area contributed by atoms with Crippen molar-refractivity contribution in [1.29, 1.82) is 0 Å². The van der Waals surface area contributed by atoms with Crippen LogP contribution in [0.1, 0.15) is 50.7 Å². The Bertz CT molecular complexity index is 346. The maximum absolute atomic E-state index is 5.84. The van der Waals surface area contributed by atoms with E-state index in [0.29, 0.717) is 6.04 Å². The van der Waals surface area contributed by atoms with Crippen LogP contribution >= 0.6 is 0 Å². The third-order valence-corrected chi connectivity index (χ3v) is 4.31. The molecule has 2 rings (SSSR count). The van der Waals surface area contributed by atoms with Gasteiger partial charge in [-0.05, 0) is 30.9 Å². The van der Waals surface area contributed by atoms with Crippen molar-refractivity contribution in [2.75, 3.05) is 13.7 Å². The zero-order valence-corrected chi connectivity index (χ0v) is 12.3. The number of ether oxygens (including phenoxy) is 1. The fraction of sp³-hybridized carbons (Fsp3) is 0.647. The van der Waals surface area contributed by atoms with Gasteiger partial charge in [0.15, 0.2) is 0 Å². The maximum Gasteiger partial charge on any atom is 0.0976 e. The molecule has 1 aromatic carbocycles. The molecule has 1 aliphatic rings. The van der Waals surface area contributed by atoms with Crippen molar-refractivity contribution in [3.05, 3.63) is 35.9 Å². The summed E-state index contributed by atoms with van der Waals surface area (Å²) in [6.45, 7) is 3.20. The Balaban J connectivity index is 2.15. The molecule has 2 unspecified atom stereocenters. The normalized spacial score (nSPS) is 20.1. The number of hydrogen-bond acceptors (Lipinski definition) is 2. The molecular formula is C17H27NO. The van der Waals surface area contributed by atoms with E-state index in [1.54, 1.807) is 0 Å². The van der Waals surface area contributed by atoms with Gasteiger partial charge < -0.3 is 10.1 Å². The number of methoxy groups -OCH3 is 1. The summed E-state index contributed by atoms with van der Waals surface area (Å²) >= 11 is 0. The lowest BCUT2D eigenvalue weighted by molar-refractivity contribution is 0.0388. The van der Waals surface area contributed by atoms with Crippen LogP contribution in [-0.4, -0.2) is 19.7 Å². The number of benzene rings is 1. The SMILES string of the molecule is CCNC(C1CCCCC1)C(OC)c1ccccc1. The largest absolute Gasteiger partial charge is 0.375 e. The number of likely N-dealkylation sites (N-methyl/N-ethyl adjacent to an activating group) is 1. The van der Waals surface area contributed by atoms with Gasteiger partial charge in [-0.3, -0.25) is 0 Å². The summed E-state index contributed by atoms with van der Waals surface area (Å²) in [6, 6.07) is 11.1. The van der Waals surface area contributed by atoms with E-state index < -0.39 is 0 Å². The Morgan fingerprint density at radius 2 is 1.84 bits per heavy atom. The maximum atomic E-state index is 5.84. The monoisotopic (exact) mass is 261 g/mol. The molecule has 2 nitrogen and oxygen atoms in total. The minimum atomic E-state index is 0.171. The van der Waals surface area contributed by atoms with Crippen LogP contribution in [0.25, 0.3) is 0 Å². The minimum Gasteiger partial charge on any atom is -0.375 e. The van der Waals surface area contributed by atoms with Crippen LogP contribution in [0.15, 0.2) is 30.3 Å². The van der Waals surface area contributed by atoms with Gasteiger partial charge in [0.25, 0.3) is 0 Å². The summed E-state index contributed by atoms with van der Waals surface area (Å²) in [4.78, 5) is 0. The number of rotatable bonds is 6. The molecule has 106 valence electrons. The summed E-state index contributed by atoms with van der Waals surface area (Å²) in [5, 5.41) is 3.68. The van der Waals surface area contributed by atoms with Crippen LogP contribution in [0.2, 0.25) is 0 Å². The molecule has 0 amide bonds. The molecule has 1 aromatic rings. The summed E-state index contributed by atoms with van der Waals surface area (Å²) < 4.78 is 5.84. The molecule has 2 atom stereocenters. The summed E-state index contributed by atoms with van der Waals surface area (Å²) in [5.74, 6) is 0.749. The Labute approximate surface area is 117 Å². The van der Waals surface area contributed by atoms with Crippen molar-refractivity contribution in [3.8, 4) is 0 Å². The van der Waals surface area contributed by atoms with Crippen molar-refractivity contribution in [1.82, 2.24) is 5.32 Å². The topological polar surface area (TPSA) is 21.3 Å². The molecule has 0 aromatic heterocycles. The van der Waals surface area contributed by atoms with Crippen LogP contribution in [0.3, 0.4) is 0 Å². The Morgan fingerprint density at radius 3 is 2.42 bits per heavy atom. The summed E-state index contributed by atoms with van der Waals surface area (Å²) in [5.41, 5.74) is 1.29. The van der Waals surface area contributed by atoms with E-state index in [1.807, 2.05) is 7.11 Å². The van der Waals surface area contributed by atoms with Gasteiger partial charge in [-0.1, -0.05) is 56.5 Å². The first kappa shape index (κ1) is 14.5. The highest BCUT2D eigenvalue weighted by atomic mass is 16.5. The highest BCUT2D eigenvalue weighted by Gasteiger charge is 2.30. The average Bonchev–Trinajstić information content (AvgIpc) is 2.49. The average molecular weight is 261 g/mol. The van der Waals surface area contributed by atoms with Gasteiger partial charge in [-0.25, -0.2) is 0 Å². The quantitative estimate of drug-likeness (QED) is 0.837. The smallest absolute Gasteiger partial charge is 0.0976 e. The zero-order chi connectivity index (χ0) is 13.5. The lowest BCUT2D eigenvalue weighted by Gasteiger charge is -2.36. The molecular weight excluding hydrogens is 234 g/mol. The fourth-order valence-corrected chi connectivity index (χ4v) is 3.38. The predicted molar refractivity (Wildman–Crippen MR) is 80.2 cm³/mol. The molecule has 19 heavy (non-hydrogen) atoms. The van der Waals surface area contributed by atoms with Gasteiger partial charge in [0.05, 0.1) is 6.10 Å². The minimum absolute atomic E-state index is 0.171. The third-order valence-electron chi connectivity index (χ3n) is 4.31. The molecule has 0 spiro atoms.